The third-order valence-electron chi connectivity index (χ3n) is 4.38. The van der Waals surface area contributed by atoms with Gasteiger partial charge in [-0.15, -0.1) is 6.58 Å². The average Bonchev–Trinajstić information content (AvgIpc) is 2.48. The van der Waals surface area contributed by atoms with Crippen LogP contribution in [0.1, 0.15) is 31.7 Å². The molecule has 0 radical (unpaired) electrons. The van der Waals surface area contributed by atoms with Gasteiger partial charge in [-0.05, 0) is 56.6 Å². The van der Waals surface area contributed by atoms with Gasteiger partial charge in [-0.25, -0.2) is 0 Å². The molecule has 1 N–H and O–H groups in total. The van der Waals surface area contributed by atoms with Crippen LogP contribution in [0.4, 0.5) is 0 Å². The molecule has 0 amide bonds. The molecule has 0 atom stereocenters. The number of nitrogens with zero attached hydrogens (tertiary/aromatic N) is 1. The Hall–Kier alpha value is -0.830. The highest BCUT2D eigenvalue weighted by molar-refractivity contribution is 6.30. The van der Waals surface area contributed by atoms with Crippen LogP contribution in [0.5, 0.6) is 0 Å². The standard InChI is InChI=1S/C17H25ClN2/c1-3-9-17(10-12-20(4-2)13-11-17)19-14-15-5-7-16(18)8-6-15/h3,5-8,19H,1,4,9-14H2,2H3. The topological polar surface area (TPSA) is 15.3 Å². The number of likely N-dealkylation sites (tertiary alicyclic amines) is 1. The number of piperidine rings is 1. The third-order valence-corrected chi connectivity index (χ3v) is 4.63. The van der Waals surface area contributed by atoms with Gasteiger partial charge in [-0.1, -0.05) is 36.7 Å². The van der Waals surface area contributed by atoms with Gasteiger partial charge in [0.1, 0.15) is 0 Å². The van der Waals surface area contributed by atoms with Crippen molar-refractivity contribution in [1.82, 2.24) is 10.2 Å². The van der Waals surface area contributed by atoms with Gasteiger partial charge in [0.25, 0.3) is 0 Å². The molecule has 2 rings (SSSR count). The minimum absolute atomic E-state index is 0.215. The van der Waals surface area contributed by atoms with E-state index in [4.69, 9.17) is 11.6 Å². The molecule has 1 saturated heterocycles. The molecule has 110 valence electrons. The highest BCUT2D eigenvalue weighted by atomic mass is 35.5. The summed E-state index contributed by atoms with van der Waals surface area (Å²) in [7, 11) is 0. The van der Waals surface area contributed by atoms with Crippen molar-refractivity contribution < 1.29 is 0 Å². The molecule has 0 aromatic heterocycles. The fourth-order valence-corrected chi connectivity index (χ4v) is 3.04. The van der Waals surface area contributed by atoms with Gasteiger partial charge in [0.05, 0.1) is 0 Å². The normalized spacial score (nSPS) is 18.9. The molecular formula is C17H25ClN2. The Balaban J connectivity index is 1.95. The van der Waals surface area contributed by atoms with E-state index >= 15 is 0 Å². The zero-order valence-corrected chi connectivity index (χ0v) is 13.1. The fraction of sp³-hybridized carbons (Fsp3) is 0.529. The van der Waals surface area contributed by atoms with Gasteiger partial charge < -0.3 is 10.2 Å². The summed E-state index contributed by atoms with van der Waals surface area (Å²) in [5, 5.41) is 4.57. The van der Waals surface area contributed by atoms with E-state index < -0.39 is 0 Å². The first-order valence-electron chi connectivity index (χ1n) is 7.50. The first-order chi connectivity index (χ1) is 9.67. The van der Waals surface area contributed by atoms with E-state index in [9.17, 15) is 0 Å². The zero-order chi connectivity index (χ0) is 14.4. The molecule has 20 heavy (non-hydrogen) atoms. The van der Waals surface area contributed by atoms with Crippen LogP contribution in [0.25, 0.3) is 0 Å². The first kappa shape index (κ1) is 15.6. The van der Waals surface area contributed by atoms with Crippen molar-refractivity contribution >= 4 is 11.6 Å². The Kier molecular flexibility index (Phi) is 5.64. The molecule has 0 bridgehead atoms. The number of hydrogen-bond acceptors (Lipinski definition) is 2. The summed E-state index contributed by atoms with van der Waals surface area (Å²) in [5.74, 6) is 0. The molecule has 1 heterocycles. The number of rotatable bonds is 6. The van der Waals surface area contributed by atoms with Gasteiger partial charge in [0, 0.05) is 17.1 Å². The molecule has 1 aliphatic heterocycles. The van der Waals surface area contributed by atoms with Crippen LogP contribution in [0.3, 0.4) is 0 Å². The molecule has 0 spiro atoms. The van der Waals surface area contributed by atoms with Crippen LogP contribution < -0.4 is 5.32 Å². The number of benzene rings is 1. The summed E-state index contributed by atoms with van der Waals surface area (Å²) in [5.41, 5.74) is 1.50. The lowest BCUT2D eigenvalue weighted by atomic mass is 9.84. The first-order valence-corrected chi connectivity index (χ1v) is 7.88. The molecule has 1 aliphatic rings. The number of halogens is 1. The van der Waals surface area contributed by atoms with Crippen molar-refractivity contribution in [2.45, 2.75) is 38.3 Å². The Morgan fingerprint density at radius 1 is 1.30 bits per heavy atom. The average molecular weight is 293 g/mol. The van der Waals surface area contributed by atoms with Crippen LogP contribution in [0, 0.1) is 0 Å². The second-order valence-corrected chi connectivity index (χ2v) is 6.12. The van der Waals surface area contributed by atoms with Gasteiger partial charge in [-0.3, -0.25) is 0 Å². The van der Waals surface area contributed by atoms with E-state index in [0.29, 0.717) is 0 Å². The lowest BCUT2D eigenvalue weighted by Crippen LogP contribution is -2.52. The van der Waals surface area contributed by atoms with Crippen LogP contribution in [-0.4, -0.2) is 30.1 Å². The molecule has 0 saturated carbocycles. The lowest BCUT2D eigenvalue weighted by molar-refractivity contribution is 0.139. The number of nitrogens with one attached hydrogen (secondary N) is 1. The molecule has 0 unspecified atom stereocenters. The van der Waals surface area contributed by atoms with Crippen molar-refractivity contribution in [3.63, 3.8) is 0 Å². The summed E-state index contributed by atoms with van der Waals surface area (Å²) < 4.78 is 0. The minimum atomic E-state index is 0.215. The highest BCUT2D eigenvalue weighted by Gasteiger charge is 2.32. The maximum absolute atomic E-state index is 5.93. The number of hydrogen-bond donors (Lipinski definition) is 1. The van der Waals surface area contributed by atoms with Crippen LogP contribution in [0.2, 0.25) is 5.02 Å². The molecular weight excluding hydrogens is 268 g/mol. The van der Waals surface area contributed by atoms with E-state index in [2.05, 4.69) is 41.9 Å². The maximum atomic E-state index is 5.93. The van der Waals surface area contributed by atoms with Crippen molar-refractivity contribution in [1.29, 1.82) is 0 Å². The maximum Gasteiger partial charge on any atom is 0.0406 e. The van der Waals surface area contributed by atoms with E-state index in [0.717, 1.165) is 24.5 Å². The quantitative estimate of drug-likeness (QED) is 0.801. The summed E-state index contributed by atoms with van der Waals surface area (Å²) in [6.07, 6.45) is 5.48. The van der Waals surface area contributed by atoms with Crippen LogP contribution in [0.15, 0.2) is 36.9 Å². The van der Waals surface area contributed by atoms with Crippen LogP contribution >= 0.6 is 11.6 Å². The van der Waals surface area contributed by atoms with E-state index in [1.54, 1.807) is 0 Å². The third kappa shape index (κ3) is 4.08. The smallest absolute Gasteiger partial charge is 0.0406 e. The summed E-state index contributed by atoms with van der Waals surface area (Å²) in [6, 6.07) is 8.10. The van der Waals surface area contributed by atoms with Gasteiger partial charge in [-0.2, -0.15) is 0 Å². The Morgan fingerprint density at radius 2 is 1.95 bits per heavy atom. The monoisotopic (exact) mass is 292 g/mol. The predicted octanol–water partition coefficient (Wildman–Crippen LogP) is 3.86. The van der Waals surface area contributed by atoms with Crippen molar-refractivity contribution in [2.24, 2.45) is 0 Å². The van der Waals surface area contributed by atoms with Crippen molar-refractivity contribution in [3.8, 4) is 0 Å². The van der Waals surface area contributed by atoms with Gasteiger partial charge in [0.2, 0.25) is 0 Å². The summed E-state index contributed by atoms with van der Waals surface area (Å²) in [6.45, 7) is 10.6. The molecule has 3 heteroatoms. The summed E-state index contributed by atoms with van der Waals surface area (Å²) >= 11 is 5.93. The molecule has 0 aliphatic carbocycles. The SMILES string of the molecule is C=CCC1(NCc2ccc(Cl)cc2)CCN(CC)CC1. The van der Waals surface area contributed by atoms with E-state index in [1.165, 1.54) is 31.5 Å². The molecule has 1 aromatic carbocycles. The Bertz CT molecular complexity index is 419. The summed E-state index contributed by atoms with van der Waals surface area (Å²) in [4.78, 5) is 2.52. The molecule has 1 aromatic rings. The van der Waals surface area contributed by atoms with E-state index in [1.807, 2.05) is 12.1 Å². The molecule has 2 nitrogen and oxygen atoms in total. The second-order valence-electron chi connectivity index (χ2n) is 5.69. The lowest BCUT2D eigenvalue weighted by Gasteiger charge is -2.42. The van der Waals surface area contributed by atoms with Gasteiger partial charge in [0.15, 0.2) is 0 Å². The van der Waals surface area contributed by atoms with Gasteiger partial charge >= 0.3 is 0 Å². The Morgan fingerprint density at radius 3 is 2.50 bits per heavy atom. The van der Waals surface area contributed by atoms with Crippen LogP contribution in [-0.2, 0) is 6.54 Å². The highest BCUT2D eigenvalue weighted by Crippen LogP contribution is 2.26. The Labute approximate surface area is 127 Å². The largest absolute Gasteiger partial charge is 0.307 e. The zero-order valence-electron chi connectivity index (χ0n) is 12.4. The predicted molar refractivity (Wildman–Crippen MR) is 87.2 cm³/mol. The second kappa shape index (κ2) is 7.26. The molecule has 1 fully saturated rings. The van der Waals surface area contributed by atoms with E-state index in [-0.39, 0.29) is 5.54 Å². The fourth-order valence-electron chi connectivity index (χ4n) is 2.92. The van der Waals surface area contributed by atoms with Crippen molar-refractivity contribution in [3.05, 3.63) is 47.5 Å². The van der Waals surface area contributed by atoms with Crippen molar-refractivity contribution in [2.75, 3.05) is 19.6 Å². The minimum Gasteiger partial charge on any atom is -0.307 e.